The molecule has 0 bridgehead atoms. The molecule has 0 saturated heterocycles. The summed E-state index contributed by atoms with van der Waals surface area (Å²) in [4.78, 5) is 14.5. The molecule has 3 rings (SSSR count). The molecule has 0 spiro atoms. The Kier molecular flexibility index (Phi) is 3.45. The minimum atomic E-state index is -0.292. The van der Waals surface area contributed by atoms with Gasteiger partial charge in [-0.3, -0.25) is 0 Å². The first-order chi connectivity index (χ1) is 8.84. The molecule has 2 aromatic rings. The number of hydrogen-bond acceptors (Lipinski definition) is 5. The Morgan fingerprint density at radius 2 is 2.33 bits per heavy atom. The van der Waals surface area contributed by atoms with Gasteiger partial charge in [0, 0.05) is 16.3 Å². The second-order valence-electron chi connectivity index (χ2n) is 4.12. The highest BCUT2D eigenvalue weighted by atomic mass is 32.1. The quantitative estimate of drug-likeness (QED) is 0.878. The van der Waals surface area contributed by atoms with Gasteiger partial charge in [-0.2, -0.15) is 0 Å². The second-order valence-corrected chi connectivity index (χ2v) is 6.16. The smallest absolute Gasteiger partial charge is 0.328 e. The fourth-order valence-corrected chi connectivity index (χ4v) is 3.62. The van der Waals surface area contributed by atoms with Crippen LogP contribution in [0.4, 0.5) is 0 Å². The fraction of sp³-hybridized carbons (Fsp3) is 0.308. The van der Waals surface area contributed by atoms with E-state index in [1.54, 1.807) is 22.7 Å². The molecule has 0 saturated carbocycles. The van der Waals surface area contributed by atoms with Crippen LogP contribution in [-0.2, 0) is 22.6 Å². The molecule has 2 aromatic heterocycles. The largest absolute Gasteiger partial charge is 0.459 e. The van der Waals surface area contributed by atoms with E-state index in [4.69, 9.17) is 4.74 Å². The van der Waals surface area contributed by atoms with Crippen molar-refractivity contribution in [3.05, 3.63) is 44.3 Å². The van der Waals surface area contributed by atoms with Gasteiger partial charge in [-0.05, 0) is 34.9 Å². The maximum Gasteiger partial charge on any atom is 0.328 e. The predicted molar refractivity (Wildman–Crippen MR) is 72.9 cm³/mol. The average molecular weight is 279 g/mol. The summed E-state index contributed by atoms with van der Waals surface area (Å²) in [5, 5.41) is 7.25. The van der Waals surface area contributed by atoms with Gasteiger partial charge in [-0.25, -0.2) is 4.79 Å². The van der Waals surface area contributed by atoms with Crippen LogP contribution < -0.4 is 5.32 Å². The molecule has 3 heterocycles. The Bertz CT molecular complexity index is 533. The zero-order chi connectivity index (χ0) is 12.4. The highest BCUT2D eigenvalue weighted by molar-refractivity contribution is 7.10. The van der Waals surface area contributed by atoms with E-state index in [2.05, 4.69) is 5.32 Å². The Labute approximate surface area is 113 Å². The van der Waals surface area contributed by atoms with Crippen LogP contribution in [0.2, 0.25) is 0 Å². The summed E-state index contributed by atoms with van der Waals surface area (Å²) in [6.07, 6.45) is 1.00. The number of esters is 1. The van der Waals surface area contributed by atoms with E-state index in [1.165, 1.54) is 4.88 Å². The Hall–Kier alpha value is -1.17. The Balaban J connectivity index is 1.67. The second kappa shape index (κ2) is 5.22. The fourth-order valence-electron chi connectivity index (χ4n) is 2.08. The molecule has 0 aromatic carbocycles. The normalized spacial score (nSPS) is 18.3. The summed E-state index contributed by atoms with van der Waals surface area (Å²) in [6, 6.07) is 5.66. The standard InChI is InChI=1S/C13H13NO2S2/c15-13(16-8-9-2-1-6-17-9)12-10-4-7-18-11(10)3-5-14-12/h1-2,4,6-7,12,14H,3,5,8H2. The summed E-state index contributed by atoms with van der Waals surface area (Å²) < 4.78 is 5.37. The van der Waals surface area contributed by atoms with E-state index < -0.39 is 0 Å². The molecule has 1 unspecified atom stereocenters. The van der Waals surface area contributed by atoms with Gasteiger partial charge in [0.05, 0.1) is 0 Å². The van der Waals surface area contributed by atoms with Crippen molar-refractivity contribution in [2.45, 2.75) is 19.1 Å². The van der Waals surface area contributed by atoms with Crippen molar-refractivity contribution in [2.24, 2.45) is 0 Å². The van der Waals surface area contributed by atoms with Gasteiger partial charge in [-0.1, -0.05) is 6.07 Å². The average Bonchev–Trinajstić information content (AvgIpc) is 3.05. The molecule has 3 nitrogen and oxygen atoms in total. The van der Waals surface area contributed by atoms with E-state index in [0.29, 0.717) is 6.61 Å². The van der Waals surface area contributed by atoms with Crippen molar-refractivity contribution in [3.63, 3.8) is 0 Å². The molecule has 1 atom stereocenters. The Morgan fingerprint density at radius 1 is 1.39 bits per heavy atom. The van der Waals surface area contributed by atoms with Crippen molar-refractivity contribution < 1.29 is 9.53 Å². The molecule has 1 N–H and O–H groups in total. The third-order valence-electron chi connectivity index (χ3n) is 2.96. The Morgan fingerprint density at radius 3 is 3.17 bits per heavy atom. The molecule has 0 radical (unpaired) electrons. The number of carbonyl (C=O) groups excluding carboxylic acids is 1. The van der Waals surface area contributed by atoms with E-state index in [1.807, 2.05) is 29.0 Å². The summed E-state index contributed by atoms with van der Waals surface area (Å²) in [5.41, 5.74) is 1.09. The van der Waals surface area contributed by atoms with Gasteiger partial charge >= 0.3 is 5.97 Å². The van der Waals surface area contributed by atoms with Gasteiger partial charge in [0.15, 0.2) is 0 Å². The maximum absolute atomic E-state index is 12.1. The first-order valence-corrected chi connectivity index (χ1v) is 7.59. The third-order valence-corrected chi connectivity index (χ3v) is 4.81. The lowest BCUT2D eigenvalue weighted by molar-refractivity contribution is -0.147. The zero-order valence-corrected chi connectivity index (χ0v) is 11.4. The lowest BCUT2D eigenvalue weighted by Crippen LogP contribution is -2.35. The van der Waals surface area contributed by atoms with E-state index >= 15 is 0 Å². The van der Waals surface area contributed by atoms with Crippen LogP contribution in [0.15, 0.2) is 29.0 Å². The van der Waals surface area contributed by atoms with Gasteiger partial charge in [0.2, 0.25) is 0 Å². The highest BCUT2D eigenvalue weighted by Gasteiger charge is 2.28. The van der Waals surface area contributed by atoms with Crippen LogP contribution in [-0.4, -0.2) is 12.5 Å². The first kappa shape index (κ1) is 11.9. The number of hydrogen-bond donors (Lipinski definition) is 1. The number of ether oxygens (including phenoxy) is 1. The number of thiophene rings is 2. The van der Waals surface area contributed by atoms with Crippen molar-refractivity contribution in [1.29, 1.82) is 0 Å². The minimum Gasteiger partial charge on any atom is -0.459 e. The summed E-state index contributed by atoms with van der Waals surface area (Å²) in [6.45, 7) is 1.21. The van der Waals surface area contributed by atoms with Gasteiger partial charge < -0.3 is 10.1 Å². The van der Waals surface area contributed by atoms with Gasteiger partial charge in [0.25, 0.3) is 0 Å². The number of nitrogens with one attached hydrogen (secondary N) is 1. The number of carbonyl (C=O) groups is 1. The van der Waals surface area contributed by atoms with Crippen molar-refractivity contribution in [3.8, 4) is 0 Å². The summed E-state index contributed by atoms with van der Waals surface area (Å²) in [5.74, 6) is -0.178. The van der Waals surface area contributed by atoms with Crippen LogP contribution >= 0.6 is 22.7 Å². The summed E-state index contributed by atoms with van der Waals surface area (Å²) in [7, 11) is 0. The van der Waals surface area contributed by atoms with E-state index in [9.17, 15) is 4.79 Å². The van der Waals surface area contributed by atoms with E-state index in [0.717, 1.165) is 23.4 Å². The predicted octanol–water partition coefficient (Wildman–Crippen LogP) is 2.74. The zero-order valence-electron chi connectivity index (χ0n) is 9.72. The van der Waals surface area contributed by atoms with Crippen LogP contribution in [0.5, 0.6) is 0 Å². The van der Waals surface area contributed by atoms with Crippen LogP contribution in [0.25, 0.3) is 0 Å². The van der Waals surface area contributed by atoms with Crippen molar-refractivity contribution in [1.82, 2.24) is 5.32 Å². The lowest BCUT2D eigenvalue weighted by atomic mass is 10.0. The first-order valence-electron chi connectivity index (χ1n) is 5.83. The maximum atomic E-state index is 12.1. The molecule has 1 aliphatic rings. The number of fused-ring (bicyclic) bond motifs is 1. The SMILES string of the molecule is O=C(OCc1cccs1)C1NCCc2sccc21. The molecule has 1 aliphatic heterocycles. The van der Waals surface area contributed by atoms with E-state index in [-0.39, 0.29) is 12.0 Å². The van der Waals surface area contributed by atoms with Crippen molar-refractivity contribution in [2.75, 3.05) is 6.54 Å². The monoisotopic (exact) mass is 279 g/mol. The molecular formula is C13H13NO2S2. The third kappa shape index (κ3) is 2.34. The molecule has 0 fully saturated rings. The minimum absolute atomic E-state index is 0.178. The van der Waals surface area contributed by atoms with Crippen LogP contribution in [0.1, 0.15) is 21.4 Å². The van der Waals surface area contributed by atoms with Gasteiger partial charge in [0.1, 0.15) is 12.6 Å². The lowest BCUT2D eigenvalue weighted by Gasteiger charge is -2.22. The van der Waals surface area contributed by atoms with Gasteiger partial charge in [-0.15, -0.1) is 22.7 Å². The molecule has 0 aliphatic carbocycles. The highest BCUT2D eigenvalue weighted by Crippen LogP contribution is 2.28. The topological polar surface area (TPSA) is 38.3 Å². The molecular weight excluding hydrogens is 266 g/mol. The van der Waals surface area contributed by atoms with Crippen LogP contribution in [0.3, 0.4) is 0 Å². The van der Waals surface area contributed by atoms with Crippen molar-refractivity contribution >= 4 is 28.6 Å². The molecule has 18 heavy (non-hydrogen) atoms. The summed E-state index contributed by atoms with van der Waals surface area (Å²) >= 11 is 3.32. The molecule has 5 heteroatoms. The molecule has 0 amide bonds. The molecule has 94 valence electrons. The number of rotatable bonds is 3. The van der Waals surface area contributed by atoms with Crippen LogP contribution in [0, 0.1) is 0 Å².